The number of amides is 2. The first kappa shape index (κ1) is 25.2. The molecule has 194 valence electrons. The Balaban J connectivity index is 1.35. The van der Waals surface area contributed by atoms with Crippen molar-refractivity contribution in [2.45, 2.75) is 75.3 Å². The molecule has 8 heteroatoms. The molecule has 36 heavy (non-hydrogen) atoms. The van der Waals surface area contributed by atoms with Crippen molar-refractivity contribution in [3.8, 4) is 0 Å². The second-order valence-electron chi connectivity index (χ2n) is 10.5. The number of carbonyl (C=O) groups excluding carboxylic acids is 2. The molecule has 3 saturated heterocycles. The van der Waals surface area contributed by atoms with E-state index in [2.05, 4.69) is 4.90 Å². The van der Waals surface area contributed by atoms with Crippen molar-refractivity contribution in [1.82, 2.24) is 14.1 Å². The van der Waals surface area contributed by atoms with Crippen molar-refractivity contribution in [2.75, 3.05) is 26.2 Å². The van der Waals surface area contributed by atoms with Gasteiger partial charge in [-0.3, -0.25) is 9.59 Å². The van der Waals surface area contributed by atoms with E-state index in [1.54, 1.807) is 18.2 Å². The summed E-state index contributed by atoms with van der Waals surface area (Å²) in [5.41, 5.74) is 0. The summed E-state index contributed by atoms with van der Waals surface area (Å²) in [6.07, 6.45) is 6.85. The van der Waals surface area contributed by atoms with Gasteiger partial charge in [-0.1, -0.05) is 50.1 Å². The molecule has 0 unspecified atom stereocenters. The number of piperidine rings is 1. The summed E-state index contributed by atoms with van der Waals surface area (Å²) in [6.45, 7) is 5.65. The molecule has 0 N–H and O–H groups in total. The summed E-state index contributed by atoms with van der Waals surface area (Å²) in [5.74, 6) is -0.770. The number of benzene rings is 2. The van der Waals surface area contributed by atoms with Gasteiger partial charge in [-0.05, 0) is 74.6 Å². The van der Waals surface area contributed by atoms with Gasteiger partial charge in [0.15, 0.2) is 0 Å². The van der Waals surface area contributed by atoms with Crippen LogP contribution in [0.4, 0.5) is 0 Å². The van der Waals surface area contributed by atoms with E-state index in [1.165, 1.54) is 19.3 Å². The van der Waals surface area contributed by atoms with Gasteiger partial charge in [0, 0.05) is 13.0 Å². The van der Waals surface area contributed by atoms with Crippen LogP contribution in [0.5, 0.6) is 0 Å². The van der Waals surface area contributed by atoms with E-state index in [9.17, 15) is 18.0 Å². The molecule has 2 aromatic rings. The minimum absolute atomic E-state index is 0.0540. The Hall–Kier alpha value is -2.45. The van der Waals surface area contributed by atoms with E-state index in [0.29, 0.717) is 25.8 Å². The summed E-state index contributed by atoms with van der Waals surface area (Å²) in [6, 6.07) is 11.8. The van der Waals surface area contributed by atoms with Crippen LogP contribution in [0.1, 0.15) is 58.3 Å². The van der Waals surface area contributed by atoms with Gasteiger partial charge < -0.3 is 9.80 Å². The molecule has 3 heterocycles. The summed E-state index contributed by atoms with van der Waals surface area (Å²) < 4.78 is 28.7. The summed E-state index contributed by atoms with van der Waals surface area (Å²) in [5, 5.41) is 1.77. The number of fused-ring (bicyclic) bond motifs is 2. The van der Waals surface area contributed by atoms with Crippen molar-refractivity contribution in [3.63, 3.8) is 0 Å². The first-order chi connectivity index (χ1) is 17.4. The third-order valence-corrected chi connectivity index (χ3v) is 10.00. The normalized spacial score (nSPS) is 25.0. The lowest BCUT2D eigenvalue weighted by Gasteiger charge is -2.29. The van der Waals surface area contributed by atoms with Gasteiger partial charge in [0.2, 0.25) is 11.8 Å². The first-order valence-electron chi connectivity index (χ1n) is 13.5. The van der Waals surface area contributed by atoms with E-state index in [-0.39, 0.29) is 22.8 Å². The van der Waals surface area contributed by atoms with Gasteiger partial charge >= 0.3 is 0 Å². The highest BCUT2D eigenvalue weighted by Crippen LogP contribution is 2.42. The maximum Gasteiger partial charge on any atom is 0.266 e. The van der Waals surface area contributed by atoms with Crippen LogP contribution in [0.2, 0.25) is 0 Å². The molecule has 2 amide bonds. The molecule has 2 aromatic carbocycles. The van der Waals surface area contributed by atoms with Crippen molar-refractivity contribution in [1.29, 1.82) is 0 Å². The Kier molecular flexibility index (Phi) is 7.35. The molecule has 3 aliphatic heterocycles. The van der Waals surface area contributed by atoms with E-state index in [0.717, 1.165) is 47.6 Å². The quantitative estimate of drug-likeness (QED) is 0.535. The largest absolute Gasteiger partial charge is 0.337 e. The molecular weight excluding hydrogens is 474 g/mol. The van der Waals surface area contributed by atoms with Crippen LogP contribution in [-0.4, -0.2) is 72.6 Å². The van der Waals surface area contributed by atoms with E-state index in [1.807, 2.05) is 36.1 Å². The lowest BCUT2D eigenvalue weighted by molar-refractivity contribution is -0.134. The zero-order valence-electron chi connectivity index (χ0n) is 21.1. The van der Waals surface area contributed by atoms with E-state index < -0.39 is 22.0 Å². The standard InChI is InChI=1S/C28H37N3O4S/c1-2-9-24-27-25(15-19-30(27)26(32)12-8-18-29-16-6-3-7-17-29)31(28(24)33)36(34,35)23-14-13-21-10-4-5-11-22(21)20-23/h4-5,10-11,13-14,20,24-25,27H,2-3,6-9,12,15-19H2,1H3/t24-,25+,27-/m1/s1. The Morgan fingerprint density at radius 1 is 1.00 bits per heavy atom. The third kappa shape index (κ3) is 4.65. The molecule has 0 aromatic heterocycles. The smallest absolute Gasteiger partial charge is 0.266 e. The van der Waals surface area contributed by atoms with Crippen LogP contribution >= 0.6 is 0 Å². The maximum absolute atomic E-state index is 13.8. The minimum atomic E-state index is -4.03. The number of hydrogen-bond acceptors (Lipinski definition) is 5. The highest BCUT2D eigenvalue weighted by molar-refractivity contribution is 7.89. The van der Waals surface area contributed by atoms with Crippen LogP contribution < -0.4 is 0 Å². The monoisotopic (exact) mass is 511 g/mol. The molecule has 0 saturated carbocycles. The number of likely N-dealkylation sites (tertiary alicyclic amines) is 2. The molecular formula is C28H37N3O4S. The number of nitrogens with zero attached hydrogens (tertiary/aromatic N) is 3. The number of rotatable bonds is 8. The van der Waals surface area contributed by atoms with Crippen molar-refractivity contribution in [3.05, 3.63) is 42.5 Å². The van der Waals surface area contributed by atoms with Gasteiger partial charge in [-0.25, -0.2) is 12.7 Å². The highest BCUT2D eigenvalue weighted by Gasteiger charge is 2.58. The summed E-state index contributed by atoms with van der Waals surface area (Å²) >= 11 is 0. The lowest BCUT2D eigenvalue weighted by atomic mass is 9.94. The van der Waals surface area contributed by atoms with E-state index in [4.69, 9.17) is 0 Å². The number of sulfonamides is 1. The van der Waals surface area contributed by atoms with Gasteiger partial charge in [0.25, 0.3) is 10.0 Å². The molecule has 0 spiro atoms. The van der Waals surface area contributed by atoms with Crippen molar-refractivity contribution < 1.29 is 18.0 Å². The fraction of sp³-hybridized carbons (Fsp3) is 0.571. The van der Waals surface area contributed by atoms with Crippen LogP contribution in [-0.2, 0) is 19.6 Å². The molecule has 7 nitrogen and oxygen atoms in total. The molecule has 0 radical (unpaired) electrons. The molecule has 3 aliphatic rings. The minimum Gasteiger partial charge on any atom is -0.337 e. The SMILES string of the molecule is CCC[C@H]1C(=O)N(S(=O)(=O)c2ccc3ccccc3c2)[C@H]2CCN(C(=O)CCCN3CCCCC3)[C@H]12. The predicted molar refractivity (Wildman–Crippen MR) is 140 cm³/mol. The first-order valence-corrected chi connectivity index (χ1v) is 14.9. The summed E-state index contributed by atoms with van der Waals surface area (Å²) in [4.78, 5) is 31.3. The molecule has 0 aliphatic carbocycles. The highest BCUT2D eigenvalue weighted by atomic mass is 32.2. The number of hydrogen-bond donors (Lipinski definition) is 0. The number of carbonyl (C=O) groups is 2. The van der Waals surface area contributed by atoms with Crippen LogP contribution in [0, 0.1) is 5.92 Å². The third-order valence-electron chi connectivity index (χ3n) is 8.18. The Bertz CT molecular complexity index is 1220. The average Bonchev–Trinajstić information content (AvgIpc) is 3.42. The zero-order chi connectivity index (χ0) is 25.3. The predicted octanol–water partition coefficient (Wildman–Crippen LogP) is 4.02. The lowest BCUT2D eigenvalue weighted by Crippen LogP contribution is -2.43. The van der Waals surface area contributed by atoms with Crippen molar-refractivity contribution >= 4 is 32.6 Å². The molecule has 5 rings (SSSR count). The van der Waals surface area contributed by atoms with E-state index >= 15 is 0 Å². The molecule has 0 bridgehead atoms. The van der Waals surface area contributed by atoms with Crippen LogP contribution in [0.15, 0.2) is 47.4 Å². The molecule has 3 atom stereocenters. The van der Waals surface area contributed by atoms with Crippen LogP contribution in [0.25, 0.3) is 10.8 Å². The van der Waals surface area contributed by atoms with Crippen LogP contribution in [0.3, 0.4) is 0 Å². The fourth-order valence-corrected chi connectivity index (χ4v) is 8.13. The fourth-order valence-electron chi connectivity index (χ4n) is 6.43. The summed E-state index contributed by atoms with van der Waals surface area (Å²) in [7, 11) is -4.03. The van der Waals surface area contributed by atoms with Gasteiger partial charge in [0.1, 0.15) is 0 Å². The van der Waals surface area contributed by atoms with Gasteiger partial charge in [-0.15, -0.1) is 0 Å². The zero-order valence-corrected chi connectivity index (χ0v) is 22.0. The Morgan fingerprint density at radius 2 is 1.75 bits per heavy atom. The maximum atomic E-state index is 13.8. The second-order valence-corrected chi connectivity index (χ2v) is 12.3. The molecule has 3 fully saturated rings. The topological polar surface area (TPSA) is 78.0 Å². The Labute approximate surface area is 214 Å². The van der Waals surface area contributed by atoms with Gasteiger partial charge in [-0.2, -0.15) is 0 Å². The van der Waals surface area contributed by atoms with Gasteiger partial charge in [0.05, 0.1) is 22.9 Å². The Morgan fingerprint density at radius 3 is 2.50 bits per heavy atom. The van der Waals surface area contributed by atoms with Crippen molar-refractivity contribution in [2.24, 2.45) is 5.92 Å². The average molecular weight is 512 g/mol. The second kappa shape index (κ2) is 10.5.